The van der Waals surface area contributed by atoms with E-state index in [0.717, 1.165) is 17.0 Å². The van der Waals surface area contributed by atoms with E-state index >= 15 is 0 Å². The Morgan fingerprint density at radius 1 is 0.917 bits per heavy atom. The van der Waals surface area contributed by atoms with Crippen LogP contribution in [0.1, 0.15) is 23.1 Å². The maximum Gasteiger partial charge on any atom is 0.416 e. The van der Waals surface area contributed by atoms with Gasteiger partial charge in [0.2, 0.25) is 0 Å². The average Bonchev–Trinajstić information content (AvgIpc) is 2.55. The fourth-order valence-corrected chi connectivity index (χ4v) is 2.80. The molecule has 1 nitrogen and oxygen atoms in total. The highest BCUT2D eigenvalue weighted by Gasteiger charge is 2.30. The molecule has 24 heavy (non-hydrogen) atoms. The number of nitrogens with zero attached hydrogens (tertiary/aromatic N) is 1. The maximum absolute atomic E-state index is 13.7. The number of benzene rings is 2. The lowest BCUT2D eigenvalue weighted by Gasteiger charge is -2.09. The fourth-order valence-electron chi connectivity index (χ4n) is 2.80. The van der Waals surface area contributed by atoms with Crippen molar-refractivity contribution in [3.8, 4) is 0 Å². The predicted molar refractivity (Wildman–Crippen MR) is 85.2 cm³/mol. The Morgan fingerprint density at radius 2 is 1.71 bits per heavy atom. The van der Waals surface area contributed by atoms with Gasteiger partial charge in [0.25, 0.3) is 0 Å². The quantitative estimate of drug-likeness (QED) is 0.569. The number of rotatable bonds is 4. The molecule has 1 aromatic heterocycles. The van der Waals surface area contributed by atoms with Gasteiger partial charge >= 0.3 is 6.18 Å². The topological polar surface area (TPSA) is 12.9 Å². The first-order chi connectivity index (χ1) is 11.4. The third-order valence-electron chi connectivity index (χ3n) is 3.98. The van der Waals surface area contributed by atoms with Gasteiger partial charge in [0, 0.05) is 11.6 Å². The number of para-hydroxylation sites is 1. The van der Waals surface area contributed by atoms with E-state index in [0.29, 0.717) is 30.3 Å². The van der Waals surface area contributed by atoms with Crippen molar-refractivity contribution in [2.75, 3.05) is 0 Å². The van der Waals surface area contributed by atoms with E-state index in [-0.39, 0.29) is 5.82 Å². The third kappa shape index (κ3) is 3.55. The Labute approximate surface area is 137 Å². The van der Waals surface area contributed by atoms with E-state index < -0.39 is 11.7 Å². The average molecular weight is 333 g/mol. The molecule has 0 aliphatic carbocycles. The molecule has 0 saturated carbocycles. The molecule has 124 valence electrons. The summed E-state index contributed by atoms with van der Waals surface area (Å²) in [4.78, 5) is 4.05. The van der Waals surface area contributed by atoms with Crippen LogP contribution in [-0.4, -0.2) is 4.98 Å². The molecule has 0 spiro atoms. The predicted octanol–water partition coefficient (Wildman–Crippen LogP) is 5.57. The highest BCUT2D eigenvalue weighted by Crippen LogP contribution is 2.30. The van der Waals surface area contributed by atoms with Crippen LogP contribution >= 0.6 is 0 Å². The molecule has 0 fully saturated rings. The molecule has 0 saturated heterocycles. The van der Waals surface area contributed by atoms with Crippen molar-refractivity contribution in [2.45, 2.75) is 25.4 Å². The minimum absolute atomic E-state index is 0.328. The number of hydrogen-bond acceptors (Lipinski definition) is 1. The lowest BCUT2D eigenvalue weighted by molar-refractivity contribution is -0.137. The van der Waals surface area contributed by atoms with E-state index in [1.54, 1.807) is 18.3 Å². The van der Waals surface area contributed by atoms with Crippen molar-refractivity contribution in [3.63, 3.8) is 0 Å². The van der Waals surface area contributed by atoms with Crippen molar-refractivity contribution < 1.29 is 17.6 Å². The van der Waals surface area contributed by atoms with Crippen LogP contribution < -0.4 is 0 Å². The molecular weight excluding hydrogens is 318 g/mol. The number of hydrogen-bond donors (Lipinski definition) is 0. The zero-order valence-corrected chi connectivity index (χ0v) is 12.8. The molecule has 0 aliphatic rings. The molecule has 0 atom stereocenters. The molecule has 2 aromatic carbocycles. The van der Waals surface area contributed by atoms with Gasteiger partial charge in [-0.15, -0.1) is 0 Å². The van der Waals surface area contributed by atoms with E-state index in [1.807, 2.05) is 12.1 Å². The summed E-state index contributed by atoms with van der Waals surface area (Å²) in [6.07, 6.45) is -0.904. The third-order valence-corrected chi connectivity index (χ3v) is 3.98. The second kappa shape index (κ2) is 6.59. The highest BCUT2D eigenvalue weighted by molar-refractivity contribution is 5.82. The summed E-state index contributed by atoms with van der Waals surface area (Å²) in [6, 6.07) is 12.0. The Morgan fingerprint density at radius 3 is 2.50 bits per heavy atom. The van der Waals surface area contributed by atoms with Gasteiger partial charge in [-0.25, -0.2) is 4.39 Å². The van der Waals surface area contributed by atoms with Crippen molar-refractivity contribution in [1.29, 1.82) is 0 Å². The molecule has 0 N–H and O–H groups in total. The van der Waals surface area contributed by atoms with E-state index in [2.05, 4.69) is 4.98 Å². The highest BCUT2D eigenvalue weighted by atomic mass is 19.4. The maximum atomic E-state index is 13.7. The van der Waals surface area contributed by atoms with Gasteiger partial charge in [-0.2, -0.15) is 13.2 Å². The summed E-state index contributed by atoms with van der Waals surface area (Å²) in [5.74, 6) is -0.368. The summed E-state index contributed by atoms with van der Waals surface area (Å²) < 4.78 is 51.9. The first-order valence-corrected chi connectivity index (χ1v) is 7.63. The van der Waals surface area contributed by atoms with Crippen LogP contribution in [0.25, 0.3) is 10.9 Å². The molecule has 0 unspecified atom stereocenters. The minimum atomic E-state index is -4.32. The normalized spacial score (nSPS) is 11.8. The number of pyridine rings is 1. The van der Waals surface area contributed by atoms with Crippen molar-refractivity contribution in [3.05, 3.63) is 77.2 Å². The molecule has 0 bridgehead atoms. The van der Waals surface area contributed by atoms with E-state index in [4.69, 9.17) is 0 Å². The van der Waals surface area contributed by atoms with Gasteiger partial charge in [-0.3, -0.25) is 4.98 Å². The molecular formula is C19H15F4N. The van der Waals surface area contributed by atoms with E-state index in [1.165, 1.54) is 18.2 Å². The number of alkyl halides is 3. The fraction of sp³-hybridized carbons (Fsp3) is 0.211. The van der Waals surface area contributed by atoms with Crippen molar-refractivity contribution in [2.24, 2.45) is 0 Å². The van der Waals surface area contributed by atoms with E-state index in [9.17, 15) is 17.6 Å². The smallest absolute Gasteiger partial charge is 0.253 e. The van der Waals surface area contributed by atoms with Crippen LogP contribution in [-0.2, 0) is 19.0 Å². The summed E-state index contributed by atoms with van der Waals surface area (Å²) in [5, 5.41) is 0.751. The molecule has 1 heterocycles. The summed E-state index contributed by atoms with van der Waals surface area (Å²) in [7, 11) is 0. The minimum Gasteiger partial charge on any atom is -0.253 e. The number of halogens is 4. The van der Waals surface area contributed by atoms with Crippen LogP contribution in [0.4, 0.5) is 17.6 Å². The van der Waals surface area contributed by atoms with Gasteiger partial charge in [0.05, 0.1) is 5.56 Å². The van der Waals surface area contributed by atoms with Gasteiger partial charge < -0.3 is 0 Å². The Hall–Kier alpha value is -2.43. The lowest BCUT2D eigenvalue weighted by atomic mass is 10.00. The summed E-state index contributed by atoms with van der Waals surface area (Å²) >= 11 is 0. The second-order valence-corrected chi connectivity index (χ2v) is 5.66. The van der Waals surface area contributed by atoms with Gasteiger partial charge in [-0.05, 0) is 48.6 Å². The molecule has 0 radical (unpaired) electrons. The molecule has 5 heteroatoms. The van der Waals surface area contributed by atoms with Gasteiger partial charge in [-0.1, -0.05) is 30.3 Å². The van der Waals surface area contributed by atoms with Crippen LogP contribution in [0, 0.1) is 5.82 Å². The molecule has 0 aliphatic heterocycles. The largest absolute Gasteiger partial charge is 0.416 e. The summed E-state index contributed by atoms with van der Waals surface area (Å²) in [6.45, 7) is 0. The van der Waals surface area contributed by atoms with Gasteiger partial charge in [0.1, 0.15) is 11.3 Å². The second-order valence-electron chi connectivity index (χ2n) is 5.66. The zero-order chi connectivity index (χ0) is 17.2. The number of fused-ring (bicyclic) bond motifs is 1. The monoisotopic (exact) mass is 333 g/mol. The molecule has 3 aromatic rings. The Kier molecular flexibility index (Phi) is 4.51. The lowest BCUT2D eigenvalue weighted by Crippen LogP contribution is -2.05. The van der Waals surface area contributed by atoms with Crippen molar-refractivity contribution in [1.82, 2.24) is 4.98 Å². The zero-order valence-electron chi connectivity index (χ0n) is 12.8. The molecule has 0 amide bonds. The Balaban J connectivity index is 1.73. The SMILES string of the molecule is Fc1cccc2c(CCCc3cccc(C(F)(F)F)c3)ccnc12. The first kappa shape index (κ1) is 16.4. The van der Waals surface area contributed by atoms with Gasteiger partial charge in [0.15, 0.2) is 0 Å². The van der Waals surface area contributed by atoms with Crippen LogP contribution in [0.15, 0.2) is 54.7 Å². The summed E-state index contributed by atoms with van der Waals surface area (Å²) in [5.41, 5.74) is 1.30. The number of aryl methyl sites for hydroxylation is 2. The van der Waals surface area contributed by atoms with Crippen LogP contribution in [0.3, 0.4) is 0 Å². The van der Waals surface area contributed by atoms with Crippen LogP contribution in [0.2, 0.25) is 0 Å². The number of aromatic nitrogens is 1. The van der Waals surface area contributed by atoms with Crippen LogP contribution in [0.5, 0.6) is 0 Å². The first-order valence-electron chi connectivity index (χ1n) is 7.63. The molecule has 3 rings (SSSR count). The standard InChI is InChI=1S/C19H15F4N/c20-17-9-3-8-16-14(10-11-24-18(16)17)6-1-4-13-5-2-7-15(12-13)19(21,22)23/h2-3,5,7-12H,1,4,6H2. The van der Waals surface area contributed by atoms with Crippen molar-refractivity contribution >= 4 is 10.9 Å². The Bertz CT molecular complexity index is 855.